The van der Waals surface area contributed by atoms with Crippen molar-refractivity contribution in [1.29, 1.82) is 0 Å². The van der Waals surface area contributed by atoms with Crippen LogP contribution in [0, 0.1) is 12.7 Å². The van der Waals surface area contributed by atoms with Gasteiger partial charge in [-0.25, -0.2) is 4.39 Å². The van der Waals surface area contributed by atoms with Crippen LogP contribution in [0.3, 0.4) is 0 Å². The van der Waals surface area contributed by atoms with Crippen LogP contribution in [0.25, 0.3) is 10.8 Å². The van der Waals surface area contributed by atoms with Crippen molar-refractivity contribution < 1.29 is 4.39 Å². The highest BCUT2D eigenvalue weighted by Gasteiger charge is 2.19. The summed E-state index contributed by atoms with van der Waals surface area (Å²) >= 11 is 6.14. The minimum absolute atomic E-state index is 0.341. The van der Waals surface area contributed by atoms with E-state index in [0.717, 1.165) is 16.3 Å². The molecular formula is C18H15ClFN. The summed E-state index contributed by atoms with van der Waals surface area (Å²) in [6, 6.07) is 16.0. The van der Waals surface area contributed by atoms with E-state index in [9.17, 15) is 4.39 Å². The van der Waals surface area contributed by atoms with Crippen molar-refractivity contribution in [1.82, 2.24) is 0 Å². The molecule has 3 rings (SSSR count). The summed E-state index contributed by atoms with van der Waals surface area (Å²) in [5, 5.41) is 2.51. The van der Waals surface area contributed by atoms with Crippen LogP contribution in [0.2, 0.25) is 5.02 Å². The zero-order valence-electron chi connectivity index (χ0n) is 11.6. The third-order valence-corrected chi connectivity index (χ3v) is 4.15. The molecule has 106 valence electrons. The molecule has 1 atom stereocenters. The Bertz CT molecular complexity index is 793. The molecule has 0 spiro atoms. The van der Waals surface area contributed by atoms with E-state index in [1.54, 1.807) is 12.1 Å². The highest BCUT2D eigenvalue weighted by atomic mass is 35.5. The van der Waals surface area contributed by atoms with E-state index in [-0.39, 0.29) is 5.82 Å². The van der Waals surface area contributed by atoms with Gasteiger partial charge in [-0.1, -0.05) is 54.1 Å². The Kier molecular flexibility index (Phi) is 3.66. The lowest BCUT2D eigenvalue weighted by atomic mass is 9.92. The van der Waals surface area contributed by atoms with Gasteiger partial charge in [-0.15, -0.1) is 0 Å². The lowest BCUT2D eigenvalue weighted by molar-refractivity contribution is 0.600. The van der Waals surface area contributed by atoms with Crippen LogP contribution in [0.5, 0.6) is 0 Å². The van der Waals surface area contributed by atoms with Crippen molar-refractivity contribution in [2.75, 3.05) is 0 Å². The first-order chi connectivity index (χ1) is 10.1. The van der Waals surface area contributed by atoms with Crippen molar-refractivity contribution in [2.45, 2.75) is 13.0 Å². The molecule has 0 heterocycles. The fourth-order valence-electron chi connectivity index (χ4n) is 2.71. The molecule has 0 aliphatic rings. The van der Waals surface area contributed by atoms with Crippen molar-refractivity contribution in [2.24, 2.45) is 5.73 Å². The number of nitrogens with two attached hydrogens (primary N) is 1. The molecule has 1 nitrogen and oxygen atoms in total. The lowest BCUT2D eigenvalue weighted by Gasteiger charge is -2.18. The number of hydrogen-bond donors (Lipinski definition) is 1. The smallest absolute Gasteiger partial charge is 0.129 e. The summed E-state index contributed by atoms with van der Waals surface area (Å²) in [7, 11) is 0. The van der Waals surface area contributed by atoms with E-state index in [0.29, 0.717) is 10.6 Å². The van der Waals surface area contributed by atoms with Crippen LogP contribution >= 0.6 is 11.6 Å². The highest BCUT2D eigenvalue weighted by Crippen LogP contribution is 2.33. The molecule has 3 aromatic rings. The first kappa shape index (κ1) is 14.1. The van der Waals surface area contributed by atoms with Crippen molar-refractivity contribution in [3.05, 3.63) is 82.1 Å². The Labute approximate surface area is 128 Å². The van der Waals surface area contributed by atoms with Gasteiger partial charge in [0.2, 0.25) is 0 Å². The maximum Gasteiger partial charge on any atom is 0.129 e. The van der Waals surface area contributed by atoms with E-state index < -0.39 is 6.04 Å². The predicted octanol–water partition coefficient (Wildman–Crippen LogP) is 4.99. The summed E-state index contributed by atoms with van der Waals surface area (Å²) in [6.07, 6.45) is 0. The molecule has 0 radical (unpaired) electrons. The van der Waals surface area contributed by atoms with Crippen molar-refractivity contribution in [3.63, 3.8) is 0 Å². The van der Waals surface area contributed by atoms with Gasteiger partial charge in [0.15, 0.2) is 0 Å². The Hall–Kier alpha value is -1.90. The Morgan fingerprint density at radius 2 is 1.67 bits per heavy atom. The second kappa shape index (κ2) is 5.47. The third-order valence-electron chi connectivity index (χ3n) is 3.82. The Morgan fingerprint density at radius 1 is 0.952 bits per heavy atom. The second-order valence-corrected chi connectivity index (χ2v) is 5.54. The molecule has 0 aliphatic carbocycles. The van der Waals surface area contributed by atoms with Crippen molar-refractivity contribution in [3.8, 4) is 0 Å². The zero-order chi connectivity index (χ0) is 15.0. The maximum absolute atomic E-state index is 14.1. The largest absolute Gasteiger partial charge is 0.320 e. The molecule has 2 N–H and O–H groups in total. The molecule has 0 amide bonds. The van der Waals surface area contributed by atoms with Crippen LogP contribution < -0.4 is 5.73 Å². The topological polar surface area (TPSA) is 26.0 Å². The van der Waals surface area contributed by atoms with Gasteiger partial charge in [-0.3, -0.25) is 0 Å². The second-order valence-electron chi connectivity index (χ2n) is 5.13. The van der Waals surface area contributed by atoms with Gasteiger partial charge in [0.25, 0.3) is 0 Å². The number of benzene rings is 3. The molecular weight excluding hydrogens is 285 g/mol. The average molecular weight is 300 g/mol. The van der Waals surface area contributed by atoms with Gasteiger partial charge >= 0.3 is 0 Å². The summed E-state index contributed by atoms with van der Waals surface area (Å²) in [6.45, 7) is 2.05. The van der Waals surface area contributed by atoms with E-state index in [1.165, 1.54) is 11.6 Å². The van der Waals surface area contributed by atoms with E-state index in [2.05, 4.69) is 0 Å². The molecule has 0 bridgehead atoms. The number of aryl methyl sites for hydroxylation is 1. The standard InChI is InChI=1S/C18H15ClFN/c1-11-9-10-14(13-6-3-2-5-12(11)13)18(21)17-15(19)7-4-8-16(17)20/h2-10,18H,21H2,1H3. The predicted molar refractivity (Wildman–Crippen MR) is 86.1 cm³/mol. The number of rotatable bonds is 2. The van der Waals surface area contributed by atoms with Gasteiger partial charge in [0.05, 0.1) is 6.04 Å². The SMILES string of the molecule is Cc1ccc(C(N)c2c(F)cccc2Cl)c2ccccc12. The van der Waals surface area contributed by atoms with Gasteiger partial charge in [-0.05, 0) is 41.0 Å². The summed E-state index contributed by atoms with van der Waals surface area (Å²) in [5.41, 5.74) is 8.70. The van der Waals surface area contributed by atoms with Crippen LogP contribution in [0.4, 0.5) is 4.39 Å². The molecule has 1 unspecified atom stereocenters. The number of fused-ring (bicyclic) bond motifs is 1. The normalized spacial score (nSPS) is 12.6. The van der Waals surface area contributed by atoms with Crippen LogP contribution in [0.15, 0.2) is 54.6 Å². The highest BCUT2D eigenvalue weighted by molar-refractivity contribution is 6.31. The summed E-state index contributed by atoms with van der Waals surface area (Å²) < 4.78 is 14.1. The fourth-order valence-corrected chi connectivity index (χ4v) is 2.99. The van der Waals surface area contributed by atoms with E-state index >= 15 is 0 Å². The molecule has 0 aromatic heterocycles. The minimum Gasteiger partial charge on any atom is -0.320 e. The van der Waals surface area contributed by atoms with E-state index in [4.69, 9.17) is 17.3 Å². The average Bonchev–Trinajstić information content (AvgIpc) is 2.47. The fraction of sp³-hybridized carbons (Fsp3) is 0.111. The number of halogens is 2. The summed E-state index contributed by atoms with van der Waals surface area (Å²) in [4.78, 5) is 0. The lowest BCUT2D eigenvalue weighted by Crippen LogP contribution is -2.15. The Balaban J connectivity index is 2.23. The molecule has 3 aromatic carbocycles. The first-order valence-corrected chi connectivity index (χ1v) is 7.15. The van der Waals surface area contributed by atoms with Crippen LogP contribution in [0.1, 0.15) is 22.7 Å². The summed E-state index contributed by atoms with van der Waals surface area (Å²) in [5.74, 6) is -0.375. The zero-order valence-corrected chi connectivity index (χ0v) is 12.4. The molecule has 0 aliphatic heterocycles. The van der Waals surface area contributed by atoms with E-state index in [1.807, 2.05) is 43.3 Å². The third kappa shape index (κ3) is 2.41. The van der Waals surface area contributed by atoms with Crippen molar-refractivity contribution >= 4 is 22.4 Å². The van der Waals surface area contributed by atoms with Gasteiger partial charge in [0, 0.05) is 10.6 Å². The Morgan fingerprint density at radius 3 is 2.38 bits per heavy atom. The first-order valence-electron chi connectivity index (χ1n) is 6.77. The monoisotopic (exact) mass is 299 g/mol. The molecule has 0 saturated carbocycles. The molecule has 3 heteroatoms. The molecule has 21 heavy (non-hydrogen) atoms. The van der Waals surface area contributed by atoms with Gasteiger partial charge < -0.3 is 5.73 Å². The molecule has 0 saturated heterocycles. The van der Waals surface area contributed by atoms with Gasteiger partial charge in [0.1, 0.15) is 5.82 Å². The van der Waals surface area contributed by atoms with Crippen LogP contribution in [-0.2, 0) is 0 Å². The number of hydrogen-bond acceptors (Lipinski definition) is 1. The van der Waals surface area contributed by atoms with Crippen LogP contribution in [-0.4, -0.2) is 0 Å². The van der Waals surface area contributed by atoms with Gasteiger partial charge in [-0.2, -0.15) is 0 Å². The molecule has 0 fully saturated rings. The quantitative estimate of drug-likeness (QED) is 0.709. The maximum atomic E-state index is 14.1. The minimum atomic E-state index is -0.593.